The molecule has 11 heteroatoms. The molecular weight excluding hydrogens is 469 g/mol. The van der Waals surface area contributed by atoms with Crippen molar-refractivity contribution in [3.05, 3.63) is 68.9 Å². The number of halogens is 3. The van der Waals surface area contributed by atoms with E-state index in [1.54, 1.807) is 54.1 Å². The summed E-state index contributed by atoms with van der Waals surface area (Å²) in [5.74, 6) is 0.134. The van der Waals surface area contributed by atoms with E-state index < -0.39 is 0 Å². The lowest BCUT2D eigenvalue weighted by Crippen LogP contribution is -2.24. The first-order valence-corrected chi connectivity index (χ1v) is 10.8. The first-order valence-electron chi connectivity index (χ1n) is 8.64. The molecule has 2 amide bonds. The van der Waals surface area contributed by atoms with Crippen molar-refractivity contribution >= 4 is 64.1 Å². The van der Waals surface area contributed by atoms with Gasteiger partial charge in [0.2, 0.25) is 5.91 Å². The number of amides is 2. The summed E-state index contributed by atoms with van der Waals surface area (Å²) >= 11 is 19.1. The van der Waals surface area contributed by atoms with Gasteiger partial charge < -0.3 is 15.2 Å². The summed E-state index contributed by atoms with van der Waals surface area (Å²) in [7, 11) is 1.76. The van der Waals surface area contributed by atoms with E-state index in [0.29, 0.717) is 37.3 Å². The van der Waals surface area contributed by atoms with Gasteiger partial charge in [0.05, 0.1) is 32.9 Å². The van der Waals surface area contributed by atoms with E-state index in [4.69, 9.17) is 34.8 Å². The van der Waals surface area contributed by atoms with Crippen LogP contribution in [0.25, 0.3) is 0 Å². The fraction of sp³-hybridized carbons (Fsp3) is 0.158. The number of benzene rings is 2. The van der Waals surface area contributed by atoms with Gasteiger partial charge in [-0.15, -0.1) is 10.2 Å². The number of aromatic nitrogens is 3. The number of rotatable bonds is 7. The Balaban J connectivity index is 1.53. The second-order valence-corrected chi connectivity index (χ2v) is 8.25. The molecule has 0 spiro atoms. The largest absolute Gasteiger partial charge is 0.345 e. The molecule has 3 rings (SSSR count). The molecule has 0 aliphatic rings. The van der Waals surface area contributed by atoms with Crippen LogP contribution in [-0.4, -0.2) is 32.3 Å². The van der Waals surface area contributed by atoms with Crippen molar-refractivity contribution in [2.45, 2.75) is 11.7 Å². The maximum Gasteiger partial charge on any atom is 0.253 e. The number of hydrogen-bond donors (Lipinski definition) is 2. The number of carbonyl (C=O) groups excluding carboxylic acids is 2. The molecule has 30 heavy (non-hydrogen) atoms. The van der Waals surface area contributed by atoms with Crippen LogP contribution in [0.1, 0.15) is 16.2 Å². The van der Waals surface area contributed by atoms with Gasteiger partial charge in [-0.2, -0.15) is 0 Å². The number of carbonyl (C=O) groups is 2. The first kappa shape index (κ1) is 22.4. The normalized spacial score (nSPS) is 10.7. The smallest absolute Gasteiger partial charge is 0.253 e. The van der Waals surface area contributed by atoms with Crippen LogP contribution < -0.4 is 10.6 Å². The highest BCUT2D eigenvalue weighted by atomic mass is 35.5. The summed E-state index contributed by atoms with van der Waals surface area (Å²) in [5.41, 5.74) is 0.936. The Labute approximate surface area is 192 Å². The molecule has 0 radical (unpaired) electrons. The summed E-state index contributed by atoms with van der Waals surface area (Å²) < 4.78 is 1.71. The van der Waals surface area contributed by atoms with E-state index in [-0.39, 0.29) is 24.1 Å². The summed E-state index contributed by atoms with van der Waals surface area (Å²) in [5, 5.41) is 15.3. The van der Waals surface area contributed by atoms with Crippen LogP contribution in [0.5, 0.6) is 0 Å². The molecule has 0 saturated carbocycles. The molecule has 0 bridgehead atoms. The zero-order valence-corrected chi connectivity index (χ0v) is 18.7. The molecule has 2 aromatic carbocycles. The van der Waals surface area contributed by atoms with Crippen molar-refractivity contribution in [3.8, 4) is 0 Å². The molecule has 1 aromatic heterocycles. The fourth-order valence-electron chi connectivity index (χ4n) is 2.43. The number of anilines is 1. The number of nitrogens with zero attached hydrogens (tertiary/aromatic N) is 3. The lowest BCUT2D eigenvalue weighted by atomic mass is 10.2. The van der Waals surface area contributed by atoms with Gasteiger partial charge in [0, 0.05) is 12.7 Å². The third kappa shape index (κ3) is 5.66. The second kappa shape index (κ2) is 10.2. The fourth-order valence-corrected chi connectivity index (χ4v) is 3.68. The van der Waals surface area contributed by atoms with Gasteiger partial charge in [-0.1, -0.05) is 58.7 Å². The number of nitrogens with one attached hydrogen (secondary N) is 2. The van der Waals surface area contributed by atoms with Crippen molar-refractivity contribution in [1.29, 1.82) is 0 Å². The van der Waals surface area contributed by atoms with E-state index in [0.717, 1.165) is 0 Å². The summed E-state index contributed by atoms with van der Waals surface area (Å²) in [6.45, 7) is 0.170. The lowest BCUT2D eigenvalue weighted by Gasteiger charge is -2.08. The topological polar surface area (TPSA) is 88.9 Å². The van der Waals surface area contributed by atoms with Gasteiger partial charge in [0.25, 0.3) is 5.91 Å². The third-order valence-corrected chi connectivity index (χ3v) is 6.08. The van der Waals surface area contributed by atoms with Crippen molar-refractivity contribution in [2.75, 3.05) is 11.1 Å². The average molecular weight is 485 g/mol. The Bertz CT molecular complexity index is 1090. The van der Waals surface area contributed by atoms with Crippen LogP contribution in [0.3, 0.4) is 0 Å². The van der Waals surface area contributed by atoms with Crippen LogP contribution >= 0.6 is 46.6 Å². The Hall–Kier alpha value is -2.26. The molecule has 0 aliphatic heterocycles. The zero-order valence-electron chi connectivity index (χ0n) is 15.7. The minimum Gasteiger partial charge on any atom is -0.345 e. The van der Waals surface area contributed by atoms with Crippen molar-refractivity contribution < 1.29 is 9.59 Å². The Morgan fingerprint density at radius 2 is 1.80 bits per heavy atom. The molecule has 2 N–H and O–H groups in total. The highest BCUT2D eigenvalue weighted by molar-refractivity contribution is 7.99. The van der Waals surface area contributed by atoms with Crippen molar-refractivity contribution in [1.82, 2.24) is 20.1 Å². The molecule has 0 saturated heterocycles. The molecule has 0 aliphatic carbocycles. The van der Waals surface area contributed by atoms with Gasteiger partial charge in [0.1, 0.15) is 0 Å². The van der Waals surface area contributed by atoms with E-state index in [9.17, 15) is 9.59 Å². The number of thioether (sulfide) groups is 1. The molecule has 0 unspecified atom stereocenters. The van der Waals surface area contributed by atoms with Crippen LogP contribution in [0, 0.1) is 0 Å². The van der Waals surface area contributed by atoms with Crippen LogP contribution in [0.2, 0.25) is 15.1 Å². The van der Waals surface area contributed by atoms with E-state index in [1.807, 2.05) is 0 Å². The lowest BCUT2D eigenvalue weighted by molar-refractivity contribution is -0.113. The molecule has 7 nitrogen and oxygen atoms in total. The summed E-state index contributed by atoms with van der Waals surface area (Å²) in [6.07, 6.45) is 0. The Morgan fingerprint density at radius 1 is 1.03 bits per heavy atom. The molecule has 0 fully saturated rings. The van der Waals surface area contributed by atoms with E-state index in [1.165, 1.54) is 11.8 Å². The van der Waals surface area contributed by atoms with E-state index in [2.05, 4.69) is 20.8 Å². The van der Waals surface area contributed by atoms with Crippen molar-refractivity contribution in [3.63, 3.8) is 0 Å². The molecule has 1 heterocycles. The van der Waals surface area contributed by atoms with E-state index >= 15 is 0 Å². The standard InChI is InChI=1S/C19H16Cl3N5O2S/c1-27-16(9-23-18(29)12-4-2-3-5-13(12)20)25-26-19(27)30-10-17(28)24-11-6-7-14(21)15(22)8-11/h2-8H,9-10H2,1H3,(H,23,29)(H,24,28). The van der Waals surface area contributed by atoms with Crippen LogP contribution in [0.4, 0.5) is 5.69 Å². The minimum absolute atomic E-state index is 0.123. The third-order valence-electron chi connectivity index (χ3n) is 3.99. The highest BCUT2D eigenvalue weighted by Gasteiger charge is 2.14. The maximum absolute atomic E-state index is 12.3. The van der Waals surface area contributed by atoms with Gasteiger partial charge in [0.15, 0.2) is 11.0 Å². The van der Waals surface area contributed by atoms with Gasteiger partial charge >= 0.3 is 0 Å². The molecular formula is C19H16Cl3N5O2S. The maximum atomic E-state index is 12.3. The minimum atomic E-state index is -0.307. The van der Waals surface area contributed by atoms with Crippen molar-refractivity contribution in [2.24, 2.45) is 7.05 Å². The molecule has 156 valence electrons. The predicted molar refractivity (Wildman–Crippen MR) is 119 cm³/mol. The van der Waals surface area contributed by atoms with Crippen LogP contribution in [-0.2, 0) is 18.4 Å². The first-order chi connectivity index (χ1) is 14.3. The van der Waals surface area contributed by atoms with Gasteiger partial charge in [-0.05, 0) is 30.3 Å². The highest BCUT2D eigenvalue weighted by Crippen LogP contribution is 2.25. The average Bonchev–Trinajstić information content (AvgIpc) is 3.07. The monoisotopic (exact) mass is 483 g/mol. The van der Waals surface area contributed by atoms with Crippen LogP contribution in [0.15, 0.2) is 47.6 Å². The van der Waals surface area contributed by atoms with Gasteiger partial charge in [-0.25, -0.2) is 0 Å². The second-order valence-electron chi connectivity index (χ2n) is 6.09. The number of hydrogen-bond acceptors (Lipinski definition) is 5. The predicted octanol–water partition coefficient (Wildman–Crippen LogP) is 4.44. The van der Waals surface area contributed by atoms with Gasteiger partial charge in [-0.3, -0.25) is 9.59 Å². The Kier molecular flexibility index (Phi) is 7.60. The summed E-state index contributed by atoms with van der Waals surface area (Å²) in [4.78, 5) is 24.4. The quantitative estimate of drug-likeness (QED) is 0.484. The zero-order chi connectivity index (χ0) is 21.7. The molecule has 0 atom stereocenters. The Morgan fingerprint density at radius 3 is 2.53 bits per heavy atom. The molecule has 3 aromatic rings. The SMILES string of the molecule is Cn1c(CNC(=O)c2ccccc2Cl)nnc1SCC(=O)Nc1ccc(Cl)c(Cl)c1. The summed E-state index contributed by atoms with van der Waals surface area (Å²) in [6, 6.07) is 11.6.